The van der Waals surface area contributed by atoms with Crippen molar-refractivity contribution in [3.05, 3.63) is 84.1 Å². The molecule has 1 aliphatic heterocycles. The maximum Gasteiger partial charge on any atom is 0.414 e. The first-order valence-corrected chi connectivity index (χ1v) is 11.6. The van der Waals surface area contributed by atoms with Crippen LogP contribution in [0.1, 0.15) is 31.4 Å². The van der Waals surface area contributed by atoms with E-state index >= 15 is 0 Å². The molecule has 0 atom stereocenters. The van der Waals surface area contributed by atoms with Crippen LogP contribution in [0.2, 0.25) is 0 Å². The monoisotopic (exact) mass is 474 g/mol. The quantitative estimate of drug-likeness (QED) is 0.482. The summed E-state index contributed by atoms with van der Waals surface area (Å²) < 4.78 is 0. The number of aromatic nitrogens is 1. The van der Waals surface area contributed by atoms with Gasteiger partial charge in [0.1, 0.15) is 5.69 Å². The summed E-state index contributed by atoms with van der Waals surface area (Å²) in [6, 6.07) is 23.0. The topological polar surface area (TPSA) is 106 Å². The maximum absolute atomic E-state index is 9.10. The molecule has 35 heavy (non-hydrogen) atoms. The fraction of sp³-hybridized carbons (Fsp3) is 0.259. The van der Waals surface area contributed by atoms with E-state index in [1.54, 1.807) is 0 Å². The molecule has 2 heterocycles. The summed E-state index contributed by atoms with van der Waals surface area (Å²) in [4.78, 5) is 32.8. The summed E-state index contributed by atoms with van der Waals surface area (Å²) in [6.45, 7) is 8.62. The Morgan fingerprint density at radius 2 is 1.54 bits per heavy atom. The van der Waals surface area contributed by atoms with Crippen molar-refractivity contribution in [3.8, 4) is 0 Å². The van der Waals surface area contributed by atoms with Crippen LogP contribution >= 0.6 is 0 Å². The molecule has 0 amide bonds. The van der Waals surface area contributed by atoms with E-state index < -0.39 is 11.9 Å². The predicted octanol–water partition coefficient (Wildman–Crippen LogP) is 4.59. The number of aliphatic imine (C=N–C) groups is 1. The first-order chi connectivity index (χ1) is 17.0. The molecule has 8 heteroatoms. The number of benzene rings is 2. The standard InChI is InChI=1S/C25H28N4.C2H2O4/c1-3-28(4-2)18-11-19-29-23-16-9-8-14-21(23)24(20-12-6-5-7-13-20)27-22-15-10-17-26-25(22)29;3-1(4)2(5)6/h5-10,12-17H,3-4,11,18-19H2,1-2H3;(H,3,4)(H,5,6). The molecule has 8 nitrogen and oxygen atoms in total. The number of para-hydroxylation sites is 1. The van der Waals surface area contributed by atoms with Crippen LogP contribution in [0.25, 0.3) is 0 Å². The third-order valence-electron chi connectivity index (χ3n) is 5.68. The van der Waals surface area contributed by atoms with Crippen molar-refractivity contribution in [3.63, 3.8) is 0 Å². The molecule has 0 aliphatic carbocycles. The van der Waals surface area contributed by atoms with Crippen molar-refractivity contribution >= 4 is 34.8 Å². The number of nitrogens with zero attached hydrogens (tertiary/aromatic N) is 4. The number of carboxylic acid groups (broad SMARTS) is 2. The van der Waals surface area contributed by atoms with Gasteiger partial charge in [-0.1, -0.05) is 62.4 Å². The van der Waals surface area contributed by atoms with Gasteiger partial charge in [-0.2, -0.15) is 0 Å². The average Bonchev–Trinajstić information content (AvgIpc) is 3.02. The number of hydrogen-bond acceptors (Lipinski definition) is 6. The van der Waals surface area contributed by atoms with Gasteiger partial charge >= 0.3 is 11.9 Å². The molecule has 182 valence electrons. The van der Waals surface area contributed by atoms with Crippen LogP contribution in [-0.2, 0) is 9.59 Å². The smallest absolute Gasteiger partial charge is 0.414 e. The van der Waals surface area contributed by atoms with Gasteiger partial charge in [-0.25, -0.2) is 19.6 Å². The van der Waals surface area contributed by atoms with Crippen LogP contribution in [0.4, 0.5) is 17.2 Å². The molecule has 0 spiro atoms. The third-order valence-corrected chi connectivity index (χ3v) is 5.68. The molecule has 4 rings (SSSR count). The van der Waals surface area contributed by atoms with Crippen LogP contribution in [-0.4, -0.2) is 63.9 Å². The minimum Gasteiger partial charge on any atom is -0.473 e. The van der Waals surface area contributed by atoms with E-state index in [9.17, 15) is 0 Å². The van der Waals surface area contributed by atoms with E-state index in [0.717, 1.165) is 60.9 Å². The van der Waals surface area contributed by atoms with Crippen molar-refractivity contribution in [2.24, 2.45) is 4.99 Å². The number of rotatable bonds is 7. The molecule has 0 radical (unpaired) electrons. The van der Waals surface area contributed by atoms with E-state index in [-0.39, 0.29) is 0 Å². The number of carboxylic acids is 2. The Kier molecular flexibility index (Phi) is 9.09. The summed E-state index contributed by atoms with van der Waals surface area (Å²) in [5.41, 5.74) is 5.37. The second-order valence-corrected chi connectivity index (χ2v) is 7.83. The molecule has 3 aromatic rings. The summed E-state index contributed by atoms with van der Waals surface area (Å²) in [6.07, 6.45) is 2.94. The number of fused-ring (bicyclic) bond motifs is 2. The Bertz CT molecular complexity index is 1160. The summed E-state index contributed by atoms with van der Waals surface area (Å²) in [7, 11) is 0. The van der Waals surface area contributed by atoms with Gasteiger partial charge in [0.15, 0.2) is 5.82 Å². The van der Waals surface area contributed by atoms with Crippen LogP contribution in [0, 0.1) is 0 Å². The lowest BCUT2D eigenvalue weighted by Gasteiger charge is -2.27. The number of anilines is 2. The van der Waals surface area contributed by atoms with Gasteiger partial charge < -0.3 is 20.0 Å². The Balaban J connectivity index is 0.000000509. The molecule has 0 saturated carbocycles. The Labute approximate surface area is 205 Å². The van der Waals surface area contributed by atoms with Crippen molar-refractivity contribution in [1.29, 1.82) is 0 Å². The molecular formula is C27H30N4O4. The van der Waals surface area contributed by atoms with Crippen LogP contribution in [0.5, 0.6) is 0 Å². The molecule has 2 N–H and O–H groups in total. The number of aliphatic carboxylic acids is 2. The predicted molar refractivity (Wildman–Crippen MR) is 137 cm³/mol. The van der Waals surface area contributed by atoms with E-state index in [0.29, 0.717) is 0 Å². The van der Waals surface area contributed by atoms with Crippen molar-refractivity contribution in [1.82, 2.24) is 9.88 Å². The zero-order valence-corrected chi connectivity index (χ0v) is 20.0. The molecule has 1 aromatic heterocycles. The minimum atomic E-state index is -1.82. The molecule has 2 aromatic carbocycles. The molecule has 0 saturated heterocycles. The highest BCUT2D eigenvalue weighted by atomic mass is 16.4. The molecular weight excluding hydrogens is 444 g/mol. The number of carbonyl (C=O) groups is 2. The number of pyridine rings is 1. The largest absolute Gasteiger partial charge is 0.473 e. The second kappa shape index (κ2) is 12.4. The summed E-state index contributed by atoms with van der Waals surface area (Å²) in [5.74, 6) is -2.71. The van der Waals surface area contributed by atoms with E-state index in [4.69, 9.17) is 29.8 Å². The highest BCUT2D eigenvalue weighted by Crippen LogP contribution is 2.39. The van der Waals surface area contributed by atoms with Gasteiger partial charge in [0.05, 0.1) is 11.4 Å². The zero-order valence-electron chi connectivity index (χ0n) is 20.0. The van der Waals surface area contributed by atoms with E-state index in [1.807, 2.05) is 18.3 Å². The van der Waals surface area contributed by atoms with Crippen molar-refractivity contribution in [2.75, 3.05) is 31.1 Å². The van der Waals surface area contributed by atoms with Crippen molar-refractivity contribution < 1.29 is 19.8 Å². The van der Waals surface area contributed by atoms with E-state index in [1.165, 1.54) is 5.69 Å². The SMILES string of the molecule is CCN(CC)CCCN1c2ccccc2C(c2ccccc2)=Nc2cccnc21.O=C(O)C(=O)O. The second-order valence-electron chi connectivity index (χ2n) is 7.83. The number of hydrogen-bond donors (Lipinski definition) is 2. The van der Waals surface area contributed by atoms with Gasteiger partial charge in [-0.3, -0.25) is 0 Å². The average molecular weight is 475 g/mol. The molecule has 0 fully saturated rings. The summed E-state index contributed by atoms with van der Waals surface area (Å²) >= 11 is 0. The van der Waals surface area contributed by atoms with Crippen LogP contribution < -0.4 is 4.90 Å². The van der Waals surface area contributed by atoms with Gasteiger partial charge in [-0.05, 0) is 44.3 Å². The lowest BCUT2D eigenvalue weighted by atomic mass is 10.00. The fourth-order valence-corrected chi connectivity index (χ4v) is 3.92. The third kappa shape index (κ3) is 6.51. The van der Waals surface area contributed by atoms with Gasteiger partial charge in [0, 0.05) is 23.9 Å². The Morgan fingerprint density at radius 1 is 0.886 bits per heavy atom. The van der Waals surface area contributed by atoms with Crippen LogP contribution in [0.15, 0.2) is 77.9 Å². The maximum atomic E-state index is 9.10. The van der Waals surface area contributed by atoms with Crippen LogP contribution in [0.3, 0.4) is 0 Å². The summed E-state index contributed by atoms with van der Waals surface area (Å²) in [5, 5.41) is 14.8. The Morgan fingerprint density at radius 3 is 2.20 bits per heavy atom. The Hall–Kier alpha value is -4.04. The van der Waals surface area contributed by atoms with Gasteiger partial charge in [-0.15, -0.1) is 0 Å². The first kappa shape index (κ1) is 25.6. The first-order valence-electron chi connectivity index (χ1n) is 11.6. The van der Waals surface area contributed by atoms with Gasteiger partial charge in [0.25, 0.3) is 0 Å². The molecule has 0 unspecified atom stereocenters. The lowest BCUT2D eigenvalue weighted by Crippen LogP contribution is -2.28. The fourth-order valence-electron chi connectivity index (χ4n) is 3.92. The zero-order chi connectivity index (χ0) is 25.2. The minimum absolute atomic E-state index is 0.912. The molecule has 0 bridgehead atoms. The lowest BCUT2D eigenvalue weighted by molar-refractivity contribution is -0.159. The van der Waals surface area contributed by atoms with Crippen molar-refractivity contribution in [2.45, 2.75) is 20.3 Å². The molecule has 1 aliphatic rings. The van der Waals surface area contributed by atoms with E-state index in [2.05, 4.69) is 78.2 Å². The normalized spacial score (nSPS) is 12.0. The highest BCUT2D eigenvalue weighted by molar-refractivity contribution is 6.27. The van der Waals surface area contributed by atoms with Gasteiger partial charge in [0.2, 0.25) is 0 Å². The highest BCUT2D eigenvalue weighted by Gasteiger charge is 2.24.